The van der Waals surface area contributed by atoms with Gasteiger partial charge in [0.1, 0.15) is 11.0 Å². The molecule has 0 aliphatic heterocycles. The van der Waals surface area contributed by atoms with Crippen LogP contribution in [0, 0.1) is 22.2 Å². The maximum Gasteiger partial charge on any atom is 0.320 e. The van der Waals surface area contributed by atoms with Crippen LogP contribution in [0.1, 0.15) is 97.8 Å². The average molecular weight is 347 g/mol. The Labute approximate surface area is 152 Å². The topological polar surface area (TPSA) is 43.4 Å². The lowest BCUT2D eigenvalue weighted by Gasteiger charge is -2.66. The van der Waals surface area contributed by atoms with E-state index in [1.54, 1.807) is 0 Å². The number of carbonyl (C=O) groups is 2. The molecule has 3 nitrogen and oxygen atoms in total. The van der Waals surface area contributed by atoms with Gasteiger partial charge in [-0.2, -0.15) is 0 Å². The van der Waals surface area contributed by atoms with Crippen molar-refractivity contribution < 1.29 is 14.3 Å². The van der Waals surface area contributed by atoms with Gasteiger partial charge in [-0.25, -0.2) is 0 Å². The molecule has 3 heteroatoms. The summed E-state index contributed by atoms with van der Waals surface area (Å²) in [6.45, 7) is 5.72. The molecular weight excluding hydrogens is 312 g/mol. The van der Waals surface area contributed by atoms with Gasteiger partial charge in [0.2, 0.25) is 0 Å². The Morgan fingerprint density at radius 1 is 0.840 bits per heavy atom. The van der Waals surface area contributed by atoms with Crippen molar-refractivity contribution in [2.45, 2.75) is 103 Å². The number of hydrogen-bond acceptors (Lipinski definition) is 3. The van der Waals surface area contributed by atoms with Gasteiger partial charge in [-0.05, 0) is 83.5 Å². The van der Waals surface area contributed by atoms with E-state index in [1.165, 1.54) is 38.5 Å². The smallest absolute Gasteiger partial charge is 0.320 e. The van der Waals surface area contributed by atoms with Gasteiger partial charge in [0.05, 0.1) is 0 Å². The summed E-state index contributed by atoms with van der Waals surface area (Å²) in [7, 11) is 0. The average Bonchev–Trinajstić information content (AvgIpc) is 2.27. The molecule has 4 aliphatic carbocycles. The van der Waals surface area contributed by atoms with Gasteiger partial charge in [-0.3, -0.25) is 9.59 Å². The lowest BCUT2D eigenvalue weighted by Crippen LogP contribution is -2.65. The van der Waals surface area contributed by atoms with Crippen LogP contribution < -0.4 is 0 Å². The van der Waals surface area contributed by atoms with E-state index < -0.39 is 11.0 Å². The number of rotatable bonds is 5. The van der Waals surface area contributed by atoms with Crippen LogP contribution in [-0.2, 0) is 14.3 Å². The van der Waals surface area contributed by atoms with Gasteiger partial charge in [-0.1, -0.05) is 25.7 Å². The highest BCUT2D eigenvalue weighted by atomic mass is 16.6. The van der Waals surface area contributed by atoms with Crippen LogP contribution in [0.15, 0.2) is 0 Å². The molecule has 0 radical (unpaired) electrons. The van der Waals surface area contributed by atoms with Gasteiger partial charge in [0.15, 0.2) is 5.78 Å². The highest BCUT2D eigenvalue weighted by Gasteiger charge is 2.70. The first-order chi connectivity index (χ1) is 11.8. The second kappa shape index (κ2) is 5.57. The fourth-order valence-corrected chi connectivity index (χ4v) is 6.17. The van der Waals surface area contributed by atoms with E-state index in [9.17, 15) is 9.59 Å². The zero-order valence-corrected chi connectivity index (χ0v) is 16.3. The Morgan fingerprint density at radius 2 is 1.40 bits per heavy atom. The quantitative estimate of drug-likeness (QED) is 0.507. The summed E-state index contributed by atoms with van der Waals surface area (Å²) in [6, 6.07) is 0. The Bertz CT molecular complexity index is 567. The monoisotopic (exact) mass is 346 g/mol. The minimum atomic E-state index is -0.819. The van der Waals surface area contributed by atoms with Crippen LogP contribution in [0.25, 0.3) is 0 Å². The van der Waals surface area contributed by atoms with E-state index in [1.807, 2.05) is 20.8 Å². The van der Waals surface area contributed by atoms with Crippen molar-refractivity contribution in [3.8, 4) is 0 Å². The van der Waals surface area contributed by atoms with E-state index >= 15 is 0 Å². The SMILES string of the molecule is CC(C)(C)OC(=O)C1(C(=O)C2(C3(C4CCC4)CCC3)CCC2)CCC1. The van der Waals surface area contributed by atoms with Gasteiger partial charge in [0.25, 0.3) is 0 Å². The van der Waals surface area contributed by atoms with Gasteiger partial charge >= 0.3 is 5.97 Å². The van der Waals surface area contributed by atoms with Crippen molar-refractivity contribution in [3.63, 3.8) is 0 Å². The number of esters is 1. The molecule has 0 saturated heterocycles. The predicted molar refractivity (Wildman–Crippen MR) is 97.0 cm³/mol. The number of carbonyl (C=O) groups excluding carboxylic acids is 2. The highest BCUT2D eigenvalue weighted by Crippen LogP contribution is 2.71. The molecule has 0 aromatic rings. The summed E-state index contributed by atoms with van der Waals surface area (Å²) in [5.74, 6) is 0.797. The molecular formula is C22H34O3. The second-order valence-electron chi connectivity index (χ2n) is 10.3. The van der Waals surface area contributed by atoms with Crippen LogP contribution >= 0.6 is 0 Å². The molecule has 0 aromatic heterocycles. The molecule has 25 heavy (non-hydrogen) atoms. The molecule has 0 bridgehead atoms. The molecule has 0 N–H and O–H groups in total. The Kier molecular flexibility index (Phi) is 3.91. The van der Waals surface area contributed by atoms with Crippen molar-refractivity contribution >= 4 is 11.8 Å². The summed E-state index contributed by atoms with van der Waals surface area (Å²) in [6.07, 6.45) is 13.2. The summed E-state index contributed by atoms with van der Waals surface area (Å²) in [5, 5.41) is 0. The third kappa shape index (κ3) is 2.29. The molecule has 0 atom stereocenters. The maximum absolute atomic E-state index is 14.0. The molecule has 0 spiro atoms. The van der Waals surface area contributed by atoms with Crippen LogP contribution in [0.2, 0.25) is 0 Å². The predicted octanol–water partition coefficient (Wildman–Crippen LogP) is 5.21. The fourth-order valence-electron chi connectivity index (χ4n) is 6.17. The molecule has 4 saturated carbocycles. The lowest BCUT2D eigenvalue weighted by atomic mass is 9.36. The summed E-state index contributed by atoms with van der Waals surface area (Å²) in [4.78, 5) is 27.0. The number of ketones is 1. The molecule has 4 rings (SSSR count). The molecule has 4 aliphatic rings. The summed E-state index contributed by atoms with van der Waals surface area (Å²) in [5.41, 5.74) is -1.31. The van der Waals surface area contributed by atoms with E-state index in [-0.39, 0.29) is 16.8 Å². The van der Waals surface area contributed by atoms with Crippen LogP contribution in [0.4, 0.5) is 0 Å². The van der Waals surface area contributed by atoms with Gasteiger partial charge < -0.3 is 4.74 Å². The normalized spacial score (nSPS) is 29.4. The first-order valence-corrected chi connectivity index (χ1v) is 10.5. The van der Waals surface area contributed by atoms with Crippen molar-refractivity contribution in [1.29, 1.82) is 0 Å². The van der Waals surface area contributed by atoms with Crippen molar-refractivity contribution in [2.24, 2.45) is 22.2 Å². The molecule has 0 heterocycles. The maximum atomic E-state index is 14.0. The zero-order chi connectivity index (χ0) is 17.9. The van der Waals surface area contributed by atoms with Crippen molar-refractivity contribution in [3.05, 3.63) is 0 Å². The Balaban J connectivity index is 1.64. The summed E-state index contributed by atoms with van der Waals surface area (Å²) >= 11 is 0. The zero-order valence-electron chi connectivity index (χ0n) is 16.3. The van der Waals surface area contributed by atoms with Crippen LogP contribution in [0.3, 0.4) is 0 Å². The second-order valence-corrected chi connectivity index (χ2v) is 10.3. The highest BCUT2D eigenvalue weighted by molar-refractivity contribution is 6.08. The standard InChI is InChI=1S/C22H34O3/c1-19(2,3)25-18(24)20(10-5-11-20)17(23)22(14-7-15-22)21(12-6-13-21)16-8-4-9-16/h16H,4-15H2,1-3H3. The van der Waals surface area contributed by atoms with E-state index in [0.29, 0.717) is 18.6 Å². The third-order valence-corrected chi connectivity index (χ3v) is 8.16. The first kappa shape index (κ1) is 17.5. The van der Waals surface area contributed by atoms with E-state index in [0.717, 1.165) is 31.6 Å². The number of Topliss-reactive ketones (excluding diaryl/α,β-unsaturated/α-hetero) is 1. The number of hydrogen-bond donors (Lipinski definition) is 0. The van der Waals surface area contributed by atoms with Gasteiger partial charge in [0, 0.05) is 5.41 Å². The Morgan fingerprint density at radius 3 is 1.68 bits per heavy atom. The van der Waals surface area contributed by atoms with Gasteiger partial charge in [-0.15, -0.1) is 0 Å². The lowest BCUT2D eigenvalue weighted by molar-refractivity contribution is -0.201. The molecule has 0 amide bonds. The number of ether oxygens (including phenoxy) is 1. The van der Waals surface area contributed by atoms with Crippen molar-refractivity contribution in [1.82, 2.24) is 0 Å². The van der Waals surface area contributed by atoms with Crippen LogP contribution in [0.5, 0.6) is 0 Å². The molecule has 0 aromatic carbocycles. The third-order valence-electron chi connectivity index (χ3n) is 8.16. The van der Waals surface area contributed by atoms with E-state index in [2.05, 4.69) is 0 Å². The minimum absolute atomic E-state index is 0.201. The molecule has 0 unspecified atom stereocenters. The van der Waals surface area contributed by atoms with Crippen LogP contribution in [-0.4, -0.2) is 17.4 Å². The fraction of sp³-hybridized carbons (Fsp3) is 0.909. The first-order valence-electron chi connectivity index (χ1n) is 10.5. The summed E-state index contributed by atoms with van der Waals surface area (Å²) < 4.78 is 5.74. The largest absolute Gasteiger partial charge is 0.459 e. The Hall–Kier alpha value is -0.860. The minimum Gasteiger partial charge on any atom is -0.459 e. The molecule has 4 fully saturated rings. The van der Waals surface area contributed by atoms with E-state index in [4.69, 9.17) is 4.74 Å². The van der Waals surface area contributed by atoms with Crippen molar-refractivity contribution in [2.75, 3.05) is 0 Å². The molecule has 140 valence electrons.